The summed E-state index contributed by atoms with van der Waals surface area (Å²) in [5, 5.41) is 0.710. The molecule has 1 fully saturated rings. The van der Waals surface area contributed by atoms with E-state index in [1.54, 1.807) is 29.3 Å². The Morgan fingerprint density at radius 3 is 2.84 bits per heavy atom. The minimum Gasteiger partial charge on any atom is -0.490 e. The maximum absolute atomic E-state index is 12.6. The highest BCUT2D eigenvalue weighted by Crippen LogP contribution is 2.33. The third-order valence-corrected chi connectivity index (χ3v) is 5.03. The molecule has 2 aromatic heterocycles. The van der Waals surface area contributed by atoms with Crippen LogP contribution in [0.25, 0.3) is 10.9 Å². The van der Waals surface area contributed by atoms with E-state index in [1.807, 2.05) is 13.8 Å². The van der Waals surface area contributed by atoms with E-state index in [1.165, 1.54) is 12.6 Å². The Hall–Kier alpha value is -3.62. The lowest BCUT2D eigenvalue weighted by atomic mass is 10.1. The molecule has 0 aliphatic carbocycles. The van der Waals surface area contributed by atoms with Crippen molar-refractivity contribution in [3.8, 4) is 11.5 Å². The molecule has 2 N–H and O–H groups in total. The lowest BCUT2D eigenvalue weighted by molar-refractivity contribution is 0.0513. The Morgan fingerprint density at radius 2 is 2.13 bits per heavy atom. The number of pyridine rings is 1. The fourth-order valence-electron chi connectivity index (χ4n) is 3.67. The fourth-order valence-corrected chi connectivity index (χ4v) is 3.67. The molecule has 0 unspecified atom stereocenters. The van der Waals surface area contributed by atoms with Crippen LogP contribution in [0, 0.1) is 0 Å². The number of hydrogen-bond donors (Lipinski definition) is 1. The van der Waals surface area contributed by atoms with Crippen molar-refractivity contribution in [2.24, 2.45) is 5.73 Å². The molecule has 0 spiro atoms. The van der Waals surface area contributed by atoms with Crippen molar-refractivity contribution in [2.45, 2.75) is 38.9 Å². The Bertz CT molecular complexity index is 1100. The standard InChI is InChI=1S/C22H24N4O5/c1-13(2)30-19-9-15-17(8-16(19)21(23)27)25-6-5-18(15)31-14-4-3-7-26(11-14)22(28)20-10-24-12-29-20/h5-6,8-10,12-14H,3-4,7,11H2,1-2H3,(H2,23,27)/t14-/m1/s1. The van der Waals surface area contributed by atoms with Crippen molar-refractivity contribution in [3.05, 3.63) is 48.3 Å². The predicted octanol–water partition coefficient (Wildman–Crippen LogP) is 2.79. The van der Waals surface area contributed by atoms with Crippen LogP contribution in [0.15, 0.2) is 41.4 Å². The first-order valence-electron chi connectivity index (χ1n) is 10.2. The van der Waals surface area contributed by atoms with Crippen molar-refractivity contribution >= 4 is 22.7 Å². The van der Waals surface area contributed by atoms with Crippen LogP contribution in [0.2, 0.25) is 0 Å². The average molecular weight is 424 g/mol. The van der Waals surface area contributed by atoms with Crippen LogP contribution >= 0.6 is 0 Å². The first-order chi connectivity index (χ1) is 14.9. The van der Waals surface area contributed by atoms with E-state index in [4.69, 9.17) is 19.6 Å². The van der Waals surface area contributed by atoms with Gasteiger partial charge in [-0.15, -0.1) is 0 Å². The van der Waals surface area contributed by atoms with Gasteiger partial charge in [-0.05, 0) is 44.9 Å². The Balaban J connectivity index is 1.60. The summed E-state index contributed by atoms with van der Waals surface area (Å²) in [6, 6.07) is 5.11. The molecule has 31 heavy (non-hydrogen) atoms. The minimum atomic E-state index is -0.584. The number of primary amides is 1. The third kappa shape index (κ3) is 4.45. The van der Waals surface area contributed by atoms with Crippen LogP contribution in [0.4, 0.5) is 0 Å². The van der Waals surface area contributed by atoms with Gasteiger partial charge in [0.05, 0.1) is 29.9 Å². The van der Waals surface area contributed by atoms with Crippen LogP contribution in [0.5, 0.6) is 11.5 Å². The molecule has 9 heteroatoms. The van der Waals surface area contributed by atoms with Crippen molar-refractivity contribution in [1.29, 1.82) is 0 Å². The number of carbonyl (C=O) groups is 2. The van der Waals surface area contributed by atoms with Gasteiger partial charge in [0.2, 0.25) is 5.76 Å². The number of amides is 2. The molecule has 1 aromatic carbocycles. The second-order valence-electron chi connectivity index (χ2n) is 7.70. The number of carbonyl (C=O) groups excluding carboxylic acids is 2. The maximum atomic E-state index is 12.6. The quantitative estimate of drug-likeness (QED) is 0.646. The number of oxazole rings is 1. The van der Waals surface area contributed by atoms with Crippen LogP contribution in [0.3, 0.4) is 0 Å². The van der Waals surface area contributed by atoms with Gasteiger partial charge in [0.1, 0.15) is 17.6 Å². The lowest BCUT2D eigenvalue weighted by Crippen LogP contribution is -2.44. The molecule has 0 bridgehead atoms. The van der Waals surface area contributed by atoms with Gasteiger partial charge in [-0.3, -0.25) is 14.6 Å². The number of likely N-dealkylation sites (tertiary alicyclic amines) is 1. The van der Waals surface area contributed by atoms with Gasteiger partial charge in [0.15, 0.2) is 6.39 Å². The molecular formula is C22H24N4O5. The zero-order chi connectivity index (χ0) is 22.0. The smallest absolute Gasteiger partial charge is 0.291 e. The molecule has 2 amide bonds. The Labute approximate surface area is 179 Å². The van der Waals surface area contributed by atoms with Crippen LogP contribution in [0.1, 0.15) is 47.6 Å². The van der Waals surface area contributed by atoms with Crippen LogP contribution < -0.4 is 15.2 Å². The Morgan fingerprint density at radius 1 is 1.29 bits per heavy atom. The van der Waals surface area contributed by atoms with E-state index in [0.717, 1.165) is 12.8 Å². The van der Waals surface area contributed by atoms with E-state index in [-0.39, 0.29) is 29.4 Å². The molecule has 0 radical (unpaired) electrons. The number of nitrogens with two attached hydrogens (primary N) is 1. The lowest BCUT2D eigenvalue weighted by Gasteiger charge is -2.32. The van der Waals surface area contributed by atoms with Gasteiger partial charge in [0.25, 0.3) is 11.8 Å². The number of hydrogen-bond acceptors (Lipinski definition) is 7. The van der Waals surface area contributed by atoms with E-state index < -0.39 is 5.91 Å². The summed E-state index contributed by atoms with van der Waals surface area (Å²) in [6.45, 7) is 4.80. The molecule has 4 rings (SSSR count). The topological polar surface area (TPSA) is 121 Å². The summed E-state index contributed by atoms with van der Waals surface area (Å²) < 4.78 is 17.2. The zero-order valence-electron chi connectivity index (χ0n) is 17.4. The molecule has 0 saturated carbocycles. The summed E-state index contributed by atoms with van der Waals surface area (Å²) in [7, 11) is 0. The van der Waals surface area contributed by atoms with Crippen LogP contribution in [-0.2, 0) is 0 Å². The highest BCUT2D eigenvalue weighted by molar-refractivity contribution is 6.01. The van der Waals surface area contributed by atoms with Gasteiger partial charge in [-0.2, -0.15) is 0 Å². The van der Waals surface area contributed by atoms with Crippen LogP contribution in [-0.4, -0.2) is 52.0 Å². The third-order valence-electron chi connectivity index (χ3n) is 5.03. The normalized spacial score (nSPS) is 16.5. The second kappa shape index (κ2) is 8.63. The number of piperidine rings is 1. The SMILES string of the molecule is CC(C)Oc1cc2c(O[C@@H]3CCCN(C(=O)c4cnco4)C3)ccnc2cc1C(N)=O. The number of fused-ring (bicyclic) bond motifs is 1. The molecular weight excluding hydrogens is 400 g/mol. The predicted molar refractivity (Wildman–Crippen MR) is 112 cm³/mol. The molecule has 1 aliphatic rings. The van der Waals surface area contributed by atoms with Gasteiger partial charge >= 0.3 is 0 Å². The molecule has 3 heterocycles. The number of aromatic nitrogens is 2. The van der Waals surface area contributed by atoms with Gasteiger partial charge in [0, 0.05) is 18.1 Å². The first kappa shape index (κ1) is 20.6. The van der Waals surface area contributed by atoms with Crippen molar-refractivity contribution < 1.29 is 23.5 Å². The summed E-state index contributed by atoms with van der Waals surface area (Å²) in [6.07, 6.45) is 5.55. The van der Waals surface area contributed by atoms with Gasteiger partial charge < -0.3 is 24.5 Å². The van der Waals surface area contributed by atoms with E-state index in [9.17, 15) is 9.59 Å². The van der Waals surface area contributed by atoms with Gasteiger partial charge in [-0.1, -0.05) is 0 Å². The highest BCUT2D eigenvalue weighted by Gasteiger charge is 2.28. The number of nitrogens with zero attached hydrogens (tertiary/aromatic N) is 3. The molecule has 3 aromatic rings. The summed E-state index contributed by atoms with van der Waals surface area (Å²) in [5.74, 6) is 0.417. The van der Waals surface area contributed by atoms with E-state index in [2.05, 4.69) is 9.97 Å². The highest BCUT2D eigenvalue weighted by atomic mass is 16.5. The summed E-state index contributed by atoms with van der Waals surface area (Å²) in [4.78, 5) is 34.3. The second-order valence-corrected chi connectivity index (χ2v) is 7.70. The molecule has 1 atom stereocenters. The number of rotatable bonds is 6. The molecule has 9 nitrogen and oxygen atoms in total. The van der Waals surface area contributed by atoms with Crippen molar-refractivity contribution in [2.75, 3.05) is 13.1 Å². The number of ether oxygens (including phenoxy) is 2. The number of benzene rings is 1. The zero-order valence-corrected chi connectivity index (χ0v) is 17.4. The first-order valence-corrected chi connectivity index (χ1v) is 10.2. The molecule has 1 saturated heterocycles. The fraction of sp³-hybridized carbons (Fsp3) is 0.364. The van der Waals surface area contributed by atoms with Gasteiger partial charge in [-0.25, -0.2) is 4.98 Å². The molecule has 162 valence electrons. The van der Waals surface area contributed by atoms with Crippen molar-refractivity contribution in [1.82, 2.24) is 14.9 Å². The maximum Gasteiger partial charge on any atom is 0.291 e. The Kier molecular flexibility index (Phi) is 5.75. The summed E-state index contributed by atoms with van der Waals surface area (Å²) >= 11 is 0. The average Bonchev–Trinajstić information content (AvgIpc) is 3.28. The van der Waals surface area contributed by atoms with Crippen molar-refractivity contribution in [3.63, 3.8) is 0 Å². The van der Waals surface area contributed by atoms with E-state index in [0.29, 0.717) is 35.5 Å². The minimum absolute atomic E-state index is 0.134. The molecule has 1 aliphatic heterocycles. The van der Waals surface area contributed by atoms with E-state index >= 15 is 0 Å². The summed E-state index contributed by atoms with van der Waals surface area (Å²) in [5.41, 5.74) is 6.37. The monoisotopic (exact) mass is 424 g/mol. The largest absolute Gasteiger partial charge is 0.490 e.